The van der Waals surface area contributed by atoms with Crippen molar-refractivity contribution in [2.45, 2.75) is 32.2 Å². The third kappa shape index (κ3) is 3.64. The SMILES string of the molecule is CCCCN(C)C(CN)c1ccc2c(c1)OCCCO2. The van der Waals surface area contributed by atoms with Gasteiger partial charge >= 0.3 is 0 Å². The van der Waals surface area contributed by atoms with Crippen molar-refractivity contribution in [2.24, 2.45) is 5.73 Å². The predicted molar refractivity (Wildman–Crippen MR) is 81.4 cm³/mol. The fourth-order valence-electron chi connectivity index (χ4n) is 2.52. The number of ether oxygens (including phenoxy) is 2. The van der Waals surface area contributed by atoms with Crippen LogP contribution >= 0.6 is 0 Å². The summed E-state index contributed by atoms with van der Waals surface area (Å²) in [4.78, 5) is 2.32. The molecule has 0 saturated heterocycles. The molecule has 2 rings (SSSR count). The molecule has 1 unspecified atom stereocenters. The number of hydrogen-bond donors (Lipinski definition) is 1. The van der Waals surface area contributed by atoms with Gasteiger partial charge < -0.3 is 15.2 Å². The van der Waals surface area contributed by atoms with Crippen LogP contribution in [0.25, 0.3) is 0 Å². The Kier molecular flexibility index (Phi) is 5.68. The van der Waals surface area contributed by atoms with Crippen LogP contribution in [0, 0.1) is 0 Å². The summed E-state index contributed by atoms with van der Waals surface area (Å²) < 4.78 is 11.4. The summed E-state index contributed by atoms with van der Waals surface area (Å²) in [5.41, 5.74) is 7.17. The molecule has 1 aliphatic heterocycles. The molecule has 1 aromatic rings. The van der Waals surface area contributed by atoms with Crippen LogP contribution in [0.5, 0.6) is 11.5 Å². The average molecular weight is 278 g/mol. The third-order valence-corrected chi connectivity index (χ3v) is 3.78. The lowest BCUT2D eigenvalue weighted by atomic mass is 10.0. The summed E-state index contributed by atoms with van der Waals surface area (Å²) >= 11 is 0. The van der Waals surface area contributed by atoms with E-state index in [0.717, 1.165) is 37.7 Å². The second-order valence-electron chi connectivity index (χ2n) is 5.34. The van der Waals surface area contributed by atoms with E-state index < -0.39 is 0 Å². The minimum atomic E-state index is 0.235. The van der Waals surface area contributed by atoms with Gasteiger partial charge in [-0.25, -0.2) is 0 Å². The van der Waals surface area contributed by atoms with E-state index in [9.17, 15) is 0 Å². The van der Waals surface area contributed by atoms with Crippen LogP contribution in [0.15, 0.2) is 18.2 Å². The Labute approximate surface area is 121 Å². The van der Waals surface area contributed by atoms with Crippen molar-refractivity contribution in [1.82, 2.24) is 4.90 Å². The first-order valence-corrected chi connectivity index (χ1v) is 7.56. The van der Waals surface area contributed by atoms with E-state index in [2.05, 4.69) is 31.0 Å². The number of benzene rings is 1. The van der Waals surface area contributed by atoms with Gasteiger partial charge in [-0.05, 0) is 37.7 Å². The molecule has 4 nitrogen and oxygen atoms in total. The van der Waals surface area contributed by atoms with Crippen molar-refractivity contribution in [3.63, 3.8) is 0 Å². The molecule has 2 N–H and O–H groups in total. The second-order valence-corrected chi connectivity index (χ2v) is 5.34. The highest BCUT2D eigenvalue weighted by molar-refractivity contribution is 5.44. The lowest BCUT2D eigenvalue weighted by Gasteiger charge is -2.27. The molecule has 1 aromatic carbocycles. The van der Waals surface area contributed by atoms with Crippen LogP contribution in [-0.4, -0.2) is 38.3 Å². The van der Waals surface area contributed by atoms with E-state index in [1.54, 1.807) is 0 Å². The van der Waals surface area contributed by atoms with Crippen molar-refractivity contribution in [2.75, 3.05) is 33.4 Å². The van der Waals surface area contributed by atoms with Gasteiger partial charge in [0, 0.05) is 19.0 Å². The quantitative estimate of drug-likeness (QED) is 0.869. The monoisotopic (exact) mass is 278 g/mol. The Hall–Kier alpha value is -1.26. The molecule has 1 heterocycles. The molecule has 0 radical (unpaired) electrons. The van der Waals surface area contributed by atoms with Crippen molar-refractivity contribution in [1.29, 1.82) is 0 Å². The maximum Gasteiger partial charge on any atom is 0.161 e. The molecule has 0 spiro atoms. The van der Waals surface area contributed by atoms with E-state index in [4.69, 9.17) is 15.2 Å². The second kappa shape index (κ2) is 7.50. The molecule has 0 fully saturated rings. The van der Waals surface area contributed by atoms with Crippen LogP contribution < -0.4 is 15.2 Å². The Balaban J connectivity index is 2.15. The number of likely N-dealkylation sites (N-methyl/N-ethyl adjacent to an activating group) is 1. The summed E-state index contributed by atoms with van der Waals surface area (Å²) in [5, 5.41) is 0. The molecular formula is C16H26N2O2. The van der Waals surface area contributed by atoms with Crippen molar-refractivity contribution in [3.8, 4) is 11.5 Å². The van der Waals surface area contributed by atoms with E-state index in [-0.39, 0.29) is 6.04 Å². The molecule has 1 aliphatic rings. The zero-order chi connectivity index (χ0) is 14.4. The molecule has 0 amide bonds. The number of hydrogen-bond acceptors (Lipinski definition) is 4. The summed E-state index contributed by atoms with van der Waals surface area (Å²) in [6, 6.07) is 6.43. The van der Waals surface area contributed by atoms with Crippen LogP contribution in [0.2, 0.25) is 0 Å². The normalized spacial score (nSPS) is 16.0. The van der Waals surface area contributed by atoms with Crippen molar-refractivity contribution >= 4 is 0 Å². The number of fused-ring (bicyclic) bond motifs is 1. The minimum absolute atomic E-state index is 0.235. The van der Waals surface area contributed by atoms with Gasteiger partial charge in [0.25, 0.3) is 0 Å². The first-order chi connectivity index (χ1) is 9.76. The van der Waals surface area contributed by atoms with Gasteiger partial charge in [-0.3, -0.25) is 4.90 Å². The van der Waals surface area contributed by atoms with E-state index in [1.807, 2.05) is 6.07 Å². The molecule has 4 heteroatoms. The highest BCUT2D eigenvalue weighted by Crippen LogP contribution is 2.33. The largest absolute Gasteiger partial charge is 0.490 e. The highest BCUT2D eigenvalue weighted by Gasteiger charge is 2.18. The molecule has 0 bridgehead atoms. The Morgan fingerprint density at radius 1 is 1.25 bits per heavy atom. The lowest BCUT2D eigenvalue weighted by molar-refractivity contribution is 0.245. The van der Waals surface area contributed by atoms with Crippen LogP contribution in [0.3, 0.4) is 0 Å². The fourth-order valence-corrected chi connectivity index (χ4v) is 2.52. The van der Waals surface area contributed by atoms with Gasteiger partial charge in [-0.15, -0.1) is 0 Å². The Morgan fingerprint density at radius 2 is 2.00 bits per heavy atom. The van der Waals surface area contributed by atoms with E-state index in [1.165, 1.54) is 18.4 Å². The first-order valence-electron chi connectivity index (χ1n) is 7.56. The van der Waals surface area contributed by atoms with Gasteiger partial charge in [0.1, 0.15) is 0 Å². The number of nitrogens with two attached hydrogens (primary N) is 1. The van der Waals surface area contributed by atoms with Crippen molar-refractivity contribution in [3.05, 3.63) is 23.8 Å². The van der Waals surface area contributed by atoms with Crippen LogP contribution in [0.4, 0.5) is 0 Å². The highest BCUT2D eigenvalue weighted by atomic mass is 16.5. The predicted octanol–water partition coefficient (Wildman–Crippen LogP) is 2.58. The Morgan fingerprint density at radius 3 is 2.70 bits per heavy atom. The lowest BCUT2D eigenvalue weighted by Crippen LogP contribution is -2.31. The maximum atomic E-state index is 5.97. The zero-order valence-corrected chi connectivity index (χ0v) is 12.6. The zero-order valence-electron chi connectivity index (χ0n) is 12.6. The standard InChI is InChI=1S/C16H26N2O2/c1-3-4-8-18(2)14(12-17)13-6-7-15-16(11-13)20-10-5-9-19-15/h6-7,11,14H,3-5,8-10,12,17H2,1-2H3. The Bertz CT molecular complexity index is 423. The van der Waals surface area contributed by atoms with Gasteiger partial charge in [0.05, 0.1) is 13.2 Å². The topological polar surface area (TPSA) is 47.7 Å². The molecular weight excluding hydrogens is 252 g/mol. The summed E-state index contributed by atoms with van der Waals surface area (Å²) in [6.45, 7) is 5.32. The van der Waals surface area contributed by atoms with Crippen LogP contribution in [-0.2, 0) is 0 Å². The molecule has 112 valence electrons. The smallest absolute Gasteiger partial charge is 0.161 e. The molecule has 1 atom stereocenters. The van der Waals surface area contributed by atoms with Gasteiger partial charge in [0.15, 0.2) is 11.5 Å². The van der Waals surface area contributed by atoms with Crippen LogP contribution in [0.1, 0.15) is 37.8 Å². The summed E-state index contributed by atoms with van der Waals surface area (Å²) in [5.74, 6) is 1.69. The molecule has 20 heavy (non-hydrogen) atoms. The average Bonchev–Trinajstić information content (AvgIpc) is 2.70. The first kappa shape index (κ1) is 15.1. The summed E-state index contributed by atoms with van der Waals surface area (Å²) in [7, 11) is 2.14. The number of nitrogens with zero attached hydrogens (tertiary/aromatic N) is 1. The molecule has 0 saturated carbocycles. The van der Waals surface area contributed by atoms with Gasteiger partial charge in [-0.1, -0.05) is 19.4 Å². The third-order valence-electron chi connectivity index (χ3n) is 3.78. The van der Waals surface area contributed by atoms with E-state index in [0.29, 0.717) is 6.54 Å². The van der Waals surface area contributed by atoms with Gasteiger partial charge in [0.2, 0.25) is 0 Å². The number of unbranched alkanes of at least 4 members (excludes halogenated alkanes) is 1. The van der Waals surface area contributed by atoms with Crippen molar-refractivity contribution < 1.29 is 9.47 Å². The van der Waals surface area contributed by atoms with E-state index >= 15 is 0 Å². The van der Waals surface area contributed by atoms with Gasteiger partial charge in [-0.2, -0.15) is 0 Å². The molecule has 0 aliphatic carbocycles. The maximum absolute atomic E-state index is 5.97. The fraction of sp³-hybridized carbons (Fsp3) is 0.625. The number of rotatable bonds is 6. The minimum Gasteiger partial charge on any atom is -0.490 e. The molecule has 0 aromatic heterocycles. The summed E-state index contributed by atoms with van der Waals surface area (Å²) in [6.07, 6.45) is 3.32.